The number of ether oxygens (including phenoxy) is 1. The van der Waals surface area contributed by atoms with Crippen molar-refractivity contribution in [2.75, 3.05) is 6.61 Å². The third-order valence-electron chi connectivity index (χ3n) is 0.914. The number of nitrogens with one attached hydrogen (secondary N) is 1. The number of unbranched alkanes of at least 4 members (excludes halogenated alkanes) is 1. The largest absolute Gasteiger partial charge is 0.465 e. The standard InChI is InChI=1S/C5H10N2O4/c1-2-3-4-11-5(8)6-7(9)10/h2-4H2,1H3,(H,6,8). The van der Waals surface area contributed by atoms with Crippen LogP contribution in [0.15, 0.2) is 0 Å². The van der Waals surface area contributed by atoms with Crippen molar-refractivity contribution in [1.82, 2.24) is 5.43 Å². The van der Waals surface area contributed by atoms with Crippen molar-refractivity contribution >= 4 is 6.09 Å². The van der Waals surface area contributed by atoms with Crippen LogP contribution in [0.1, 0.15) is 19.8 Å². The van der Waals surface area contributed by atoms with Crippen molar-refractivity contribution in [2.24, 2.45) is 0 Å². The predicted molar refractivity (Wildman–Crippen MR) is 36.4 cm³/mol. The molecule has 0 saturated carbocycles. The molecule has 11 heavy (non-hydrogen) atoms. The van der Waals surface area contributed by atoms with Gasteiger partial charge in [-0.25, -0.2) is 14.9 Å². The summed E-state index contributed by atoms with van der Waals surface area (Å²) in [6, 6.07) is 0. The van der Waals surface area contributed by atoms with Crippen molar-refractivity contribution in [3.63, 3.8) is 0 Å². The second-order valence-electron chi connectivity index (χ2n) is 1.86. The molecule has 0 atom stereocenters. The third kappa shape index (κ3) is 6.56. The molecule has 0 aliphatic heterocycles. The molecule has 0 heterocycles. The molecular formula is C5H10N2O4. The fourth-order valence-corrected chi connectivity index (χ4v) is 0.416. The van der Waals surface area contributed by atoms with Crippen LogP contribution in [0.5, 0.6) is 0 Å². The molecule has 1 N–H and O–H groups in total. The van der Waals surface area contributed by atoms with Crippen molar-refractivity contribution < 1.29 is 14.6 Å². The Balaban J connectivity index is 3.30. The van der Waals surface area contributed by atoms with Crippen molar-refractivity contribution in [3.05, 3.63) is 10.1 Å². The number of hydrazine groups is 1. The van der Waals surface area contributed by atoms with E-state index in [1.165, 1.54) is 5.43 Å². The van der Waals surface area contributed by atoms with Crippen molar-refractivity contribution in [3.8, 4) is 0 Å². The maximum Gasteiger partial charge on any atom is 0.465 e. The van der Waals surface area contributed by atoms with Gasteiger partial charge >= 0.3 is 6.09 Å². The Morgan fingerprint density at radius 2 is 2.36 bits per heavy atom. The molecule has 0 aliphatic carbocycles. The molecular weight excluding hydrogens is 152 g/mol. The first kappa shape index (κ1) is 9.67. The summed E-state index contributed by atoms with van der Waals surface area (Å²) in [5, 5.41) is 8.69. The molecule has 6 nitrogen and oxygen atoms in total. The Bertz CT molecular complexity index is 147. The van der Waals surface area contributed by atoms with E-state index < -0.39 is 11.1 Å². The van der Waals surface area contributed by atoms with Crippen molar-refractivity contribution in [2.45, 2.75) is 19.8 Å². The molecule has 0 aliphatic rings. The zero-order valence-electron chi connectivity index (χ0n) is 6.20. The van der Waals surface area contributed by atoms with Gasteiger partial charge in [0, 0.05) is 0 Å². The van der Waals surface area contributed by atoms with E-state index in [2.05, 4.69) is 4.74 Å². The first-order chi connectivity index (χ1) is 5.16. The van der Waals surface area contributed by atoms with E-state index in [9.17, 15) is 14.9 Å². The van der Waals surface area contributed by atoms with Crippen LogP contribution >= 0.6 is 0 Å². The molecule has 64 valence electrons. The molecule has 0 bridgehead atoms. The molecule has 0 aromatic heterocycles. The molecule has 0 saturated heterocycles. The molecule has 0 spiro atoms. The van der Waals surface area contributed by atoms with Crippen LogP contribution in [-0.4, -0.2) is 17.7 Å². The van der Waals surface area contributed by atoms with E-state index >= 15 is 0 Å². The number of nitrogens with zero attached hydrogens (tertiary/aromatic N) is 1. The average molecular weight is 162 g/mol. The highest BCUT2D eigenvalue weighted by molar-refractivity contribution is 5.65. The summed E-state index contributed by atoms with van der Waals surface area (Å²) in [6.07, 6.45) is 0.583. The topological polar surface area (TPSA) is 81.5 Å². The Morgan fingerprint density at radius 3 is 2.82 bits per heavy atom. The summed E-state index contributed by atoms with van der Waals surface area (Å²) >= 11 is 0. The Kier molecular flexibility index (Phi) is 4.80. The predicted octanol–water partition coefficient (Wildman–Crippen LogP) is 0.704. The highest BCUT2D eigenvalue weighted by Gasteiger charge is 2.06. The van der Waals surface area contributed by atoms with E-state index in [1.54, 1.807) is 0 Å². The molecule has 0 unspecified atom stereocenters. The lowest BCUT2D eigenvalue weighted by atomic mass is 10.4. The highest BCUT2D eigenvalue weighted by Crippen LogP contribution is 1.87. The first-order valence-electron chi connectivity index (χ1n) is 3.24. The minimum Gasteiger partial charge on any atom is -0.446 e. The van der Waals surface area contributed by atoms with Crippen LogP contribution in [0.3, 0.4) is 0 Å². The summed E-state index contributed by atoms with van der Waals surface area (Å²) < 4.78 is 4.40. The lowest BCUT2D eigenvalue weighted by molar-refractivity contribution is -0.530. The van der Waals surface area contributed by atoms with Gasteiger partial charge in [0.25, 0.3) is 0 Å². The average Bonchev–Trinajstić information content (AvgIpc) is 1.86. The lowest BCUT2D eigenvalue weighted by Crippen LogP contribution is -2.30. The minimum absolute atomic E-state index is 0.218. The summed E-state index contributed by atoms with van der Waals surface area (Å²) in [4.78, 5) is 20.0. The van der Waals surface area contributed by atoms with E-state index in [-0.39, 0.29) is 6.61 Å². The summed E-state index contributed by atoms with van der Waals surface area (Å²) in [7, 11) is 0. The highest BCUT2D eigenvalue weighted by atomic mass is 16.7. The zero-order valence-corrected chi connectivity index (χ0v) is 6.20. The van der Waals surface area contributed by atoms with E-state index in [0.29, 0.717) is 6.42 Å². The van der Waals surface area contributed by atoms with Gasteiger partial charge in [0.15, 0.2) is 5.03 Å². The number of carbonyl (C=O) groups is 1. The Hall–Kier alpha value is -1.33. The summed E-state index contributed by atoms with van der Waals surface area (Å²) in [5.74, 6) is 0. The second-order valence-corrected chi connectivity index (χ2v) is 1.86. The van der Waals surface area contributed by atoms with E-state index in [4.69, 9.17) is 0 Å². The molecule has 6 heteroatoms. The van der Waals surface area contributed by atoms with Crippen LogP contribution in [0.2, 0.25) is 0 Å². The molecule has 1 amide bonds. The molecule has 0 rings (SSSR count). The molecule has 0 aromatic carbocycles. The van der Waals surface area contributed by atoms with Gasteiger partial charge in [-0.05, 0) is 11.8 Å². The van der Waals surface area contributed by atoms with Gasteiger partial charge in [-0.2, -0.15) is 0 Å². The second kappa shape index (κ2) is 5.45. The number of carbonyl (C=O) groups excluding carboxylic acids is 1. The number of rotatable bonds is 4. The Labute approximate surface area is 63.6 Å². The smallest absolute Gasteiger partial charge is 0.446 e. The van der Waals surface area contributed by atoms with Crippen LogP contribution in [-0.2, 0) is 4.74 Å². The zero-order chi connectivity index (χ0) is 8.69. The molecule has 0 aromatic rings. The van der Waals surface area contributed by atoms with Gasteiger partial charge in [-0.1, -0.05) is 13.3 Å². The van der Waals surface area contributed by atoms with E-state index in [1.807, 2.05) is 6.92 Å². The number of hydrogen-bond donors (Lipinski definition) is 1. The van der Waals surface area contributed by atoms with Gasteiger partial charge in [-0.15, -0.1) is 0 Å². The Morgan fingerprint density at radius 1 is 1.73 bits per heavy atom. The normalized spacial score (nSPS) is 8.82. The maximum atomic E-state index is 10.4. The van der Waals surface area contributed by atoms with Gasteiger partial charge in [0.05, 0.1) is 6.61 Å². The SMILES string of the molecule is CCCCOC(=O)N[N+](=O)[O-]. The maximum absolute atomic E-state index is 10.4. The summed E-state index contributed by atoms with van der Waals surface area (Å²) in [6.45, 7) is 2.14. The fourth-order valence-electron chi connectivity index (χ4n) is 0.416. The molecule has 0 fully saturated rings. The van der Waals surface area contributed by atoms with E-state index in [0.717, 1.165) is 6.42 Å². The van der Waals surface area contributed by atoms with Gasteiger partial charge in [-0.3, -0.25) is 0 Å². The number of nitro groups is 1. The minimum atomic E-state index is -1.01. The number of hydrogen-bond acceptors (Lipinski definition) is 4. The van der Waals surface area contributed by atoms with Gasteiger partial charge in [0.2, 0.25) is 0 Å². The first-order valence-corrected chi connectivity index (χ1v) is 3.24. The van der Waals surface area contributed by atoms with Crippen LogP contribution in [0.4, 0.5) is 4.79 Å². The quantitative estimate of drug-likeness (QED) is 0.375. The van der Waals surface area contributed by atoms with Crippen LogP contribution in [0, 0.1) is 10.1 Å². The summed E-state index contributed by atoms with van der Waals surface area (Å²) in [5.41, 5.74) is 1.36. The van der Waals surface area contributed by atoms with Crippen molar-refractivity contribution in [1.29, 1.82) is 0 Å². The lowest BCUT2D eigenvalue weighted by Gasteiger charge is -1.98. The third-order valence-corrected chi connectivity index (χ3v) is 0.914. The molecule has 0 radical (unpaired) electrons. The van der Waals surface area contributed by atoms with Gasteiger partial charge < -0.3 is 4.74 Å². The van der Waals surface area contributed by atoms with Crippen LogP contribution < -0.4 is 5.43 Å². The monoisotopic (exact) mass is 162 g/mol. The van der Waals surface area contributed by atoms with Crippen LogP contribution in [0.25, 0.3) is 0 Å². The fraction of sp³-hybridized carbons (Fsp3) is 0.800. The number of amides is 1. The van der Waals surface area contributed by atoms with Gasteiger partial charge in [0.1, 0.15) is 0 Å².